The Morgan fingerprint density at radius 2 is 1.93 bits per heavy atom. The highest BCUT2D eigenvalue weighted by atomic mass is 32.2. The van der Waals surface area contributed by atoms with E-state index in [4.69, 9.17) is 4.74 Å². The van der Waals surface area contributed by atoms with Gasteiger partial charge in [-0.05, 0) is 75.7 Å². The molecule has 1 fully saturated rings. The number of ether oxygens (including phenoxy) is 1. The Balaban J connectivity index is 1.73. The van der Waals surface area contributed by atoms with Crippen LogP contribution < -0.4 is 14.8 Å². The zero-order valence-electron chi connectivity index (χ0n) is 16.5. The highest BCUT2D eigenvalue weighted by molar-refractivity contribution is 7.89. The maximum absolute atomic E-state index is 11.6. The first-order valence-electron chi connectivity index (χ1n) is 10.0. The first-order valence-corrected chi connectivity index (χ1v) is 11.7. The van der Waals surface area contributed by atoms with Gasteiger partial charge in [0.05, 0.1) is 12.4 Å². The van der Waals surface area contributed by atoms with Gasteiger partial charge in [-0.3, -0.25) is 4.79 Å². The summed E-state index contributed by atoms with van der Waals surface area (Å²) in [5, 5.41) is 12.6. The van der Waals surface area contributed by atoms with Gasteiger partial charge >= 0.3 is 5.97 Å². The van der Waals surface area contributed by atoms with Crippen LogP contribution in [0.3, 0.4) is 0 Å². The molecule has 1 heterocycles. The van der Waals surface area contributed by atoms with Crippen molar-refractivity contribution < 1.29 is 23.1 Å². The van der Waals surface area contributed by atoms with E-state index in [0.29, 0.717) is 6.61 Å². The molecule has 1 aliphatic heterocycles. The molecule has 2 rings (SSSR count). The van der Waals surface area contributed by atoms with E-state index in [1.165, 1.54) is 32.6 Å². The first-order chi connectivity index (χ1) is 13.4. The van der Waals surface area contributed by atoms with E-state index >= 15 is 0 Å². The molecule has 0 aliphatic carbocycles. The number of rotatable bonds is 12. The van der Waals surface area contributed by atoms with Crippen LogP contribution in [0.15, 0.2) is 24.3 Å². The number of benzene rings is 1. The van der Waals surface area contributed by atoms with Crippen LogP contribution in [0.5, 0.6) is 5.75 Å². The minimum absolute atomic E-state index is 0.0884. The molecule has 28 heavy (non-hydrogen) atoms. The zero-order valence-corrected chi connectivity index (χ0v) is 17.3. The van der Waals surface area contributed by atoms with Gasteiger partial charge in [0.1, 0.15) is 11.8 Å². The van der Waals surface area contributed by atoms with E-state index in [1.54, 1.807) is 24.3 Å². The van der Waals surface area contributed by atoms with Crippen LogP contribution in [0.25, 0.3) is 0 Å². The lowest BCUT2D eigenvalue weighted by Crippen LogP contribution is -2.42. The van der Waals surface area contributed by atoms with E-state index < -0.39 is 22.0 Å². The van der Waals surface area contributed by atoms with Crippen molar-refractivity contribution in [2.24, 2.45) is 5.92 Å². The zero-order chi connectivity index (χ0) is 20.4. The smallest absolute Gasteiger partial charge is 0.322 e. The first kappa shape index (κ1) is 22.6. The van der Waals surface area contributed by atoms with Crippen molar-refractivity contribution in [3.63, 3.8) is 0 Å². The van der Waals surface area contributed by atoms with Crippen molar-refractivity contribution in [1.82, 2.24) is 10.0 Å². The van der Waals surface area contributed by atoms with Crippen LogP contribution in [-0.4, -0.2) is 51.0 Å². The number of piperidine rings is 1. The Morgan fingerprint density at radius 3 is 2.54 bits per heavy atom. The number of aliphatic carboxylic acids is 1. The van der Waals surface area contributed by atoms with Crippen LogP contribution >= 0.6 is 0 Å². The summed E-state index contributed by atoms with van der Waals surface area (Å²) in [4.78, 5) is 11.3. The lowest BCUT2D eigenvalue weighted by molar-refractivity contribution is -0.138. The molecule has 8 heteroatoms. The van der Waals surface area contributed by atoms with E-state index in [1.807, 2.05) is 0 Å². The Hall–Kier alpha value is -1.64. The second kappa shape index (κ2) is 11.4. The van der Waals surface area contributed by atoms with Gasteiger partial charge in [0.15, 0.2) is 0 Å². The maximum Gasteiger partial charge on any atom is 0.322 e. The molecule has 1 atom stereocenters. The van der Waals surface area contributed by atoms with Gasteiger partial charge in [-0.15, -0.1) is 0 Å². The highest BCUT2D eigenvalue weighted by Crippen LogP contribution is 2.19. The molecular weight excluding hydrogens is 380 g/mol. The minimum Gasteiger partial charge on any atom is -0.494 e. The normalized spacial score (nSPS) is 16.6. The molecule has 1 saturated heterocycles. The summed E-state index contributed by atoms with van der Waals surface area (Å²) in [5.74, 6) is 0.242. The SMILES string of the molecule is CCS(=O)(=O)N[C@H](Cc1ccc(OCCCCC2CCNCC2)cc1)C(=O)O. The molecule has 0 radical (unpaired) electrons. The Kier molecular flexibility index (Phi) is 9.21. The third-order valence-electron chi connectivity index (χ3n) is 5.10. The largest absolute Gasteiger partial charge is 0.494 e. The second-order valence-corrected chi connectivity index (χ2v) is 9.34. The summed E-state index contributed by atoms with van der Waals surface area (Å²) in [6.07, 6.45) is 6.08. The van der Waals surface area contributed by atoms with Gasteiger partial charge in [0, 0.05) is 0 Å². The average Bonchev–Trinajstić information content (AvgIpc) is 2.69. The number of hydrogen-bond donors (Lipinski definition) is 3. The maximum atomic E-state index is 11.6. The predicted molar refractivity (Wildman–Crippen MR) is 109 cm³/mol. The number of nitrogens with one attached hydrogen (secondary N) is 2. The molecule has 0 unspecified atom stereocenters. The van der Waals surface area contributed by atoms with E-state index in [9.17, 15) is 18.3 Å². The molecule has 1 aromatic rings. The van der Waals surface area contributed by atoms with Crippen LogP contribution in [0, 0.1) is 5.92 Å². The van der Waals surface area contributed by atoms with Crippen LogP contribution in [0.4, 0.5) is 0 Å². The van der Waals surface area contributed by atoms with Gasteiger partial charge in [-0.25, -0.2) is 13.1 Å². The van der Waals surface area contributed by atoms with E-state index in [-0.39, 0.29) is 12.2 Å². The van der Waals surface area contributed by atoms with Crippen molar-refractivity contribution in [1.29, 1.82) is 0 Å². The monoisotopic (exact) mass is 412 g/mol. The summed E-state index contributed by atoms with van der Waals surface area (Å²) >= 11 is 0. The Labute approximate surface area is 167 Å². The number of carboxylic acids is 1. The summed E-state index contributed by atoms with van der Waals surface area (Å²) in [7, 11) is -3.58. The van der Waals surface area contributed by atoms with Crippen molar-refractivity contribution in [3.8, 4) is 5.75 Å². The van der Waals surface area contributed by atoms with Gasteiger partial charge in [0.2, 0.25) is 10.0 Å². The Morgan fingerprint density at radius 1 is 1.25 bits per heavy atom. The van der Waals surface area contributed by atoms with Crippen LogP contribution in [0.1, 0.15) is 44.6 Å². The molecule has 0 amide bonds. The quantitative estimate of drug-likeness (QED) is 0.455. The third kappa shape index (κ3) is 8.16. The van der Waals surface area contributed by atoms with Crippen molar-refractivity contribution in [2.45, 2.75) is 51.5 Å². The third-order valence-corrected chi connectivity index (χ3v) is 6.50. The van der Waals surface area contributed by atoms with Gasteiger partial charge < -0.3 is 15.2 Å². The second-order valence-electron chi connectivity index (χ2n) is 7.30. The minimum atomic E-state index is -3.58. The number of carboxylic acid groups (broad SMARTS) is 1. The lowest BCUT2D eigenvalue weighted by Gasteiger charge is -2.22. The molecule has 0 aromatic heterocycles. The summed E-state index contributed by atoms with van der Waals surface area (Å²) < 4.78 is 31.2. The number of unbranched alkanes of at least 4 members (excludes halogenated alkanes) is 1. The van der Waals surface area contributed by atoms with E-state index in [2.05, 4.69) is 10.0 Å². The summed E-state index contributed by atoms with van der Waals surface area (Å²) in [5.41, 5.74) is 0.740. The predicted octanol–water partition coefficient (Wildman–Crippen LogP) is 2.17. The van der Waals surface area contributed by atoms with Gasteiger partial charge in [-0.2, -0.15) is 0 Å². The highest BCUT2D eigenvalue weighted by Gasteiger charge is 2.23. The fourth-order valence-corrected chi connectivity index (χ4v) is 4.12. The fraction of sp³-hybridized carbons (Fsp3) is 0.650. The van der Waals surface area contributed by atoms with Gasteiger partial charge in [0.25, 0.3) is 0 Å². The molecule has 0 spiro atoms. The Bertz CT molecular complexity index is 700. The number of hydrogen-bond acceptors (Lipinski definition) is 5. The topological polar surface area (TPSA) is 105 Å². The lowest BCUT2D eigenvalue weighted by atomic mass is 9.93. The molecular formula is C20H32N2O5S. The molecule has 158 valence electrons. The standard InChI is InChI=1S/C20H32N2O5S/c1-2-28(25,26)22-19(20(23)24)15-17-6-8-18(9-7-17)27-14-4-3-5-16-10-12-21-13-11-16/h6-9,16,19,21-22H,2-5,10-15H2,1H3,(H,23,24)/t19-/m1/s1. The molecule has 3 N–H and O–H groups in total. The number of sulfonamides is 1. The van der Waals surface area contributed by atoms with Crippen molar-refractivity contribution in [3.05, 3.63) is 29.8 Å². The van der Waals surface area contributed by atoms with Crippen LogP contribution in [0.2, 0.25) is 0 Å². The fourth-order valence-electron chi connectivity index (χ4n) is 3.33. The van der Waals surface area contributed by atoms with Crippen molar-refractivity contribution >= 4 is 16.0 Å². The summed E-state index contributed by atoms with van der Waals surface area (Å²) in [6.45, 7) is 4.41. The molecule has 7 nitrogen and oxygen atoms in total. The molecule has 0 bridgehead atoms. The molecule has 1 aliphatic rings. The van der Waals surface area contributed by atoms with Crippen molar-refractivity contribution in [2.75, 3.05) is 25.4 Å². The molecule has 0 saturated carbocycles. The van der Waals surface area contributed by atoms with Gasteiger partial charge in [-0.1, -0.05) is 18.6 Å². The van der Waals surface area contributed by atoms with E-state index in [0.717, 1.165) is 36.7 Å². The number of carbonyl (C=O) groups is 1. The van der Waals surface area contributed by atoms with Crippen LogP contribution in [-0.2, 0) is 21.2 Å². The average molecular weight is 413 g/mol. The molecule has 1 aromatic carbocycles. The summed E-state index contributed by atoms with van der Waals surface area (Å²) in [6, 6.07) is 5.98.